The van der Waals surface area contributed by atoms with Crippen molar-refractivity contribution in [1.29, 1.82) is 0 Å². The van der Waals surface area contributed by atoms with E-state index in [1.54, 1.807) is 0 Å². The van der Waals surface area contributed by atoms with E-state index < -0.39 is 31.6 Å². The summed E-state index contributed by atoms with van der Waals surface area (Å²) in [7, 11) is -3.19. The molecule has 114 valence electrons. The van der Waals surface area contributed by atoms with E-state index in [9.17, 15) is 23.3 Å². The lowest BCUT2D eigenvalue weighted by atomic mass is 10.2. The molecule has 1 atom stereocenters. The van der Waals surface area contributed by atoms with Crippen LogP contribution in [0.3, 0.4) is 0 Å². The summed E-state index contributed by atoms with van der Waals surface area (Å²) in [6.07, 6.45) is 2.21. The fraction of sp³-hybridized carbons (Fsp3) is 0.455. The van der Waals surface area contributed by atoms with Crippen molar-refractivity contribution in [2.45, 2.75) is 18.1 Å². The lowest BCUT2D eigenvalue weighted by Gasteiger charge is -2.11. The number of aromatic nitrogens is 1. The smallest absolute Gasteiger partial charge is 0.319 e. The van der Waals surface area contributed by atoms with E-state index in [1.165, 1.54) is 12.3 Å². The number of sulfone groups is 1. The van der Waals surface area contributed by atoms with Crippen molar-refractivity contribution in [3.8, 4) is 0 Å². The zero-order valence-corrected chi connectivity index (χ0v) is 12.4. The summed E-state index contributed by atoms with van der Waals surface area (Å²) in [6.45, 7) is -0.0712. The molecule has 0 spiro atoms. The van der Waals surface area contributed by atoms with Crippen LogP contribution in [0.5, 0.6) is 0 Å². The van der Waals surface area contributed by atoms with Crippen molar-refractivity contribution in [2.75, 3.05) is 12.3 Å². The van der Waals surface area contributed by atoms with Crippen molar-refractivity contribution in [2.24, 2.45) is 0 Å². The SMILES string of the molecule is O=C(NCC1CCCS1(=O)=O)c1ccnc(Cl)c1[N+](=O)[O-]. The molecule has 0 radical (unpaired) electrons. The Kier molecular flexibility index (Phi) is 4.43. The quantitative estimate of drug-likeness (QED) is 0.497. The first-order chi connectivity index (χ1) is 9.83. The van der Waals surface area contributed by atoms with Crippen LogP contribution in [0.4, 0.5) is 5.69 Å². The summed E-state index contributed by atoms with van der Waals surface area (Å²) in [6, 6.07) is 1.17. The van der Waals surface area contributed by atoms with Gasteiger partial charge in [0.2, 0.25) is 5.15 Å². The van der Waals surface area contributed by atoms with Gasteiger partial charge in [0.1, 0.15) is 5.56 Å². The molecule has 0 bridgehead atoms. The fourth-order valence-electron chi connectivity index (χ4n) is 2.17. The highest BCUT2D eigenvalue weighted by atomic mass is 35.5. The molecule has 1 aromatic heterocycles. The lowest BCUT2D eigenvalue weighted by Crippen LogP contribution is -2.34. The zero-order chi connectivity index (χ0) is 15.6. The third kappa shape index (κ3) is 3.30. The molecule has 1 amide bonds. The van der Waals surface area contributed by atoms with Gasteiger partial charge in [-0.3, -0.25) is 14.9 Å². The molecular weight excluding hydrogens is 322 g/mol. The van der Waals surface area contributed by atoms with E-state index in [2.05, 4.69) is 10.3 Å². The average Bonchev–Trinajstić information content (AvgIpc) is 2.74. The molecule has 21 heavy (non-hydrogen) atoms. The third-order valence-electron chi connectivity index (χ3n) is 3.26. The van der Waals surface area contributed by atoms with Gasteiger partial charge in [0.25, 0.3) is 5.91 Å². The first-order valence-corrected chi connectivity index (χ1v) is 8.21. The molecule has 2 heterocycles. The van der Waals surface area contributed by atoms with Gasteiger partial charge in [0.05, 0.1) is 15.9 Å². The molecule has 10 heteroatoms. The molecule has 2 rings (SSSR count). The monoisotopic (exact) mass is 333 g/mol. The molecule has 1 N–H and O–H groups in total. The summed E-state index contributed by atoms with van der Waals surface area (Å²) in [5.74, 6) is -0.637. The number of hydrogen-bond acceptors (Lipinski definition) is 6. The highest BCUT2D eigenvalue weighted by Crippen LogP contribution is 2.26. The molecule has 8 nitrogen and oxygen atoms in total. The van der Waals surface area contributed by atoms with E-state index in [0.29, 0.717) is 12.8 Å². The Balaban J connectivity index is 2.15. The summed E-state index contributed by atoms with van der Waals surface area (Å²) in [5.41, 5.74) is -0.832. The second kappa shape index (κ2) is 5.94. The van der Waals surface area contributed by atoms with Gasteiger partial charge in [-0.2, -0.15) is 0 Å². The molecule has 1 unspecified atom stereocenters. The Hall–Kier alpha value is -1.74. The van der Waals surface area contributed by atoms with Crippen LogP contribution in [-0.4, -0.2) is 41.8 Å². The molecule has 1 saturated heterocycles. The van der Waals surface area contributed by atoms with Gasteiger partial charge >= 0.3 is 5.69 Å². The van der Waals surface area contributed by atoms with E-state index in [1.807, 2.05) is 0 Å². The normalized spacial score (nSPS) is 20.1. The van der Waals surface area contributed by atoms with Crippen molar-refractivity contribution < 1.29 is 18.1 Å². The van der Waals surface area contributed by atoms with Crippen molar-refractivity contribution in [1.82, 2.24) is 10.3 Å². The number of carbonyl (C=O) groups is 1. The molecule has 0 aliphatic carbocycles. The van der Waals surface area contributed by atoms with Crippen molar-refractivity contribution >= 4 is 33.0 Å². The molecule has 0 aromatic carbocycles. The lowest BCUT2D eigenvalue weighted by molar-refractivity contribution is -0.385. The maximum Gasteiger partial charge on any atom is 0.319 e. The number of nitro groups is 1. The largest absolute Gasteiger partial charge is 0.351 e. The van der Waals surface area contributed by atoms with Gasteiger partial charge in [0.15, 0.2) is 9.84 Å². The fourth-order valence-corrected chi connectivity index (χ4v) is 4.17. The summed E-state index contributed by atoms with van der Waals surface area (Å²) < 4.78 is 23.3. The predicted molar refractivity (Wildman–Crippen MR) is 75.0 cm³/mol. The van der Waals surface area contributed by atoms with Crippen LogP contribution in [0.1, 0.15) is 23.2 Å². The Morgan fingerprint density at radius 1 is 1.57 bits per heavy atom. The van der Waals surface area contributed by atoms with E-state index in [-0.39, 0.29) is 23.0 Å². The van der Waals surface area contributed by atoms with Gasteiger partial charge in [-0.1, -0.05) is 11.6 Å². The molecule has 1 aliphatic heterocycles. The summed E-state index contributed by atoms with van der Waals surface area (Å²) >= 11 is 5.61. The van der Waals surface area contributed by atoms with Crippen LogP contribution >= 0.6 is 11.6 Å². The summed E-state index contributed by atoms with van der Waals surface area (Å²) in [4.78, 5) is 25.7. The zero-order valence-electron chi connectivity index (χ0n) is 10.8. The minimum absolute atomic E-state index is 0.0712. The number of pyridine rings is 1. The van der Waals surface area contributed by atoms with E-state index in [0.717, 1.165) is 0 Å². The molecule has 1 aliphatic rings. The number of amides is 1. The topological polar surface area (TPSA) is 119 Å². The van der Waals surface area contributed by atoms with Crippen molar-refractivity contribution in [3.05, 3.63) is 33.1 Å². The Labute approximate surface area is 125 Å². The molecular formula is C11H12ClN3O5S. The van der Waals surface area contributed by atoms with Crippen molar-refractivity contribution in [3.63, 3.8) is 0 Å². The maximum absolute atomic E-state index is 12.0. The Morgan fingerprint density at radius 2 is 2.29 bits per heavy atom. The van der Waals surface area contributed by atoms with Crippen LogP contribution in [0.2, 0.25) is 5.15 Å². The third-order valence-corrected chi connectivity index (χ3v) is 5.81. The van der Waals surface area contributed by atoms with Gasteiger partial charge in [0, 0.05) is 12.7 Å². The average molecular weight is 334 g/mol. The second-order valence-electron chi connectivity index (χ2n) is 4.60. The number of halogens is 1. The van der Waals surface area contributed by atoms with Crippen LogP contribution in [0.25, 0.3) is 0 Å². The van der Waals surface area contributed by atoms with Gasteiger partial charge in [-0.05, 0) is 18.9 Å². The van der Waals surface area contributed by atoms with Crippen LogP contribution in [0.15, 0.2) is 12.3 Å². The van der Waals surface area contributed by atoms with Crippen LogP contribution in [-0.2, 0) is 9.84 Å². The van der Waals surface area contributed by atoms with Gasteiger partial charge in [-0.25, -0.2) is 13.4 Å². The number of nitrogens with one attached hydrogen (secondary N) is 1. The standard InChI is InChI=1S/C11H12ClN3O5S/c12-10-9(15(17)18)8(3-4-13-10)11(16)14-6-7-2-1-5-21(7,19)20/h3-4,7H,1-2,5-6H2,(H,14,16). The summed E-state index contributed by atoms with van der Waals surface area (Å²) in [5, 5.41) is 12.3. The first kappa shape index (κ1) is 15.6. The predicted octanol–water partition coefficient (Wildman–Crippen LogP) is 0.950. The van der Waals surface area contributed by atoms with E-state index in [4.69, 9.17) is 11.6 Å². The highest BCUT2D eigenvalue weighted by Gasteiger charge is 2.32. The van der Waals surface area contributed by atoms with Crippen LogP contribution < -0.4 is 5.32 Å². The number of rotatable bonds is 4. The molecule has 1 fully saturated rings. The number of nitrogens with zero attached hydrogens (tertiary/aromatic N) is 2. The Bertz CT molecular complexity index is 691. The van der Waals surface area contributed by atoms with Crippen LogP contribution in [0, 0.1) is 10.1 Å². The van der Waals surface area contributed by atoms with Gasteiger partial charge < -0.3 is 5.32 Å². The van der Waals surface area contributed by atoms with E-state index >= 15 is 0 Å². The second-order valence-corrected chi connectivity index (χ2v) is 7.35. The minimum atomic E-state index is -3.19. The minimum Gasteiger partial charge on any atom is -0.351 e. The maximum atomic E-state index is 12.0. The first-order valence-electron chi connectivity index (χ1n) is 6.11. The Morgan fingerprint density at radius 3 is 2.86 bits per heavy atom. The molecule has 1 aromatic rings. The highest BCUT2D eigenvalue weighted by molar-refractivity contribution is 7.92. The number of hydrogen-bond donors (Lipinski definition) is 1. The number of carbonyl (C=O) groups excluding carboxylic acids is 1. The molecule has 0 saturated carbocycles. The van der Waals surface area contributed by atoms with Gasteiger partial charge in [-0.15, -0.1) is 0 Å².